The first-order valence-electron chi connectivity index (χ1n) is 10.4. The highest BCUT2D eigenvalue weighted by molar-refractivity contribution is 5.36. The lowest BCUT2D eigenvalue weighted by Gasteiger charge is -2.41. The SMILES string of the molecule is CCC[C@](O)(c1ccc(OC)c(F)c1)[C@H](CN1CCCCC1)c1ccccc1. The van der Waals surface area contributed by atoms with Gasteiger partial charge in [0, 0.05) is 12.5 Å². The van der Waals surface area contributed by atoms with Gasteiger partial charge in [-0.1, -0.05) is 56.2 Å². The fraction of sp³-hybridized carbons (Fsp3) is 0.500. The van der Waals surface area contributed by atoms with Gasteiger partial charge in [-0.25, -0.2) is 4.39 Å². The van der Waals surface area contributed by atoms with E-state index >= 15 is 0 Å². The zero-order valence-corrected chi connectivity index (χ0v) is 17.0. The quantitative estimate of drug-likeness (QED) is 0.687. The Hall–Kier alpha value is -1.91. The Morgan fingerprint density at radius 2 is 1.82 bits per heavy atom. The van der Waals surface area contributed by atoms with Gasteiger partial charge < -0.3 is 14.7 Å². The smallest absolute Gasteiger partial charge is 0.165 e. The number of nitrogens with zero attached hydrogens (tertiary/aromatic N) is 1. The van der Waals surface area contributed by atoms with Crippen LogP contribution in [0.1, 0.15) is 56.1 Å². The Balaban J connectivity index is 2.02. The Morgan fingerprint density at radius 3 is 2.43 bits per heavy atom. The van der Waals surface area contributed by atoms with E-state index in [0.717, 1.165) is 31.6 Å². The van der Waals surface area contributed by atoms with Crippen molar-refractivity contribution in [3.63, 3.8) is 0 Å². The fourth-order valence-corrected chi connectivity index (χ4v) is 4.45. The number of methoxy groups -OCH3 is 1. The molecule has 0 spiro atoms. The molecular formula is C24H32FNO2. The van der Waals surface area contributed by atoms with Crippen molar-refractivity contribution in [3.05, 3.63) is 65.5 Å². The molecule has 2 aromatic rings. The van der Waals surface area contributed by atoms with Crippen LogP contribution in [0.5, 0.6) is 5.75 Å². The van der Waals surface area contributed by atoms with Crippen LogP contribution in [0.25, 0.3) is 0 Å². The van der Waals surface area contributed by atoms with E-state index in [2.05, 4.69) is 24.0 Å². The zero-order chi connectivity index (χ0) is 20.0. The minimum absolute atomic E-state index is 0.125. The summed E-state index contributed by atoms with van der Waals surface area (Å²) in [4.78, 5) is 2.45. The first-order chi connectivity index (χ1) is 13.6. The summed E-state index contributed by atoms with van der Waals surface area (Å²) in [7, 11) is 1.46. The third-order valence-electron chi connectivity index (χ3n) is 5.95. The third-order valence-corrected chi connectivity index (χ3v) is 5.95. The van der Waals surface area contributed by atoms with E-state index in [1.54, 1.807) is 6.07 Å². The van der Waals surface area contributed by atoms with Crippen LogP contribution in [0, 0.1) is 5.82 Å². The Labute approximate surface area is 168 Å². The van der Waals surface area contributed by atoms with Crippen molar-refractivity contribution in [1.29, 1.82) is 0 Å². The van der Waals surface area contributed by atoms with Crippen LogP contribution in [0.2, 0.25) is 0 Å². The summed E-state index contributed by atoms with van der Waals surface area (Å²) in [6.07, 6.45) is 5.06. The van der Waals surface area contributed by atoms with E-state index < -0.39 is 11.4 Å². The van der Waals surface area contributed by atoms with Gasteiger partial charge in [-0.2, -0.15) is 0 Å². The molecule has 0 radical (unpaired) electrons. The molecule has 1 heterocycles. The van der Waals surface area contributed by atoms with Gasteiger partial charge in [0.15, 0.2) is 11.6 Å². The van der Waals surface area contributed by atoms with Gasteiger partial charge in [-0.15, -0.1) is 0 Å². The standard InChI is InChI=1S/C24H32FNO2/c1-3-14-24(27,20-12-13-23(28-2)22(25)17-20)21(19-10-6-4-7-11-19)18-26-15-8-5-9-16-26/h4,6-7,10-13,17,21,27H,3,5,8-9,14-16,18H2,1-2H3/t21-,24+/m1/s1. The number of likely N-dealkylation sites (tertiary alicyclic amines) is 1. The molecule has 0 saturated carbocycles. The lowest BCUT2D eigenvalue weighted by Crippen LogP contribution is -2.42. The van der Waals surface area contributed by atoms with Crippen molar-refractivity contribution in [1.82, 2.24) is 4.90 Å². The van der Waals surface area contributed by atoms with E-state index in [4.69, 9.17) is 4.74 Å². The monoisotopic (exact) mass is 385 g/mol. The van der Waals surface area contributed by atoms with E-state index in [9.17, 15) is 9.50 Å². The van der Waals surface area contributed by atoms with Gasteiger partial charge >= 0.3 is 0 Å². The molecule has 0 unspecified atom stereocenters. The summed E-state index contributed by atoms with van der Waals surface area (Å²) in [6.45, 7) is 4.95. The molecule has 0 aromatic heterocycles. The van der Waals surface area contributed by atoms with E-state index in [0.29, 0.717) is 12.0 Å². The number of benzene rings is 2. The Kier molecular flexibility index (Phi) is 7.08. The van der Waals surface area contributed by atoms with Crippen LogP contribution in [0.15, 0.2) is 48.5 Å². The lowest BCUT2D eigenvalue weighted by atomic mass is 9.74. The summed E-state index contributed by atoms with van der Waals surface area (Å²) in [5.41, 5.74) is 0.583. The number of aliphatic hydroxyl groups is 1. The molecular weight excluding hydrogens is 353 g/mol. The molecule has 1 fully saturated rings. The van der Waals surface area contributed by atoms with Crippen LogP contribution in [0.3, 0.4) is 0 Å². The number of hydrogen-bond donors (Lipinski definition) is 1. The summed E-state index contributed by atoms with van der Waals surface area (Å²) >= 11 is 0. The van der Waals surface area contributed by atoms with Gasteiger partial charge in [-0.05, 0) is 55.6 Å². The number of ether oxygens (including phenoxy) is 1. The summed E-state index contributed by atoms with van der Waals surface area (Å²) in [6, 6.07) is 15.1. The van der Waals surface area contributed by atoms with Crippen LogP contribution in [-0.4, -0.2) is 36.8 Å². The maximum atomic E-state index is 14.5. The fourth-order valence-electron chi connectivity index (χ4n) is 4.45. The van der Waals surface area contributed by atoms with Crippen molar-refractivity contribution in [3.8, 4) is 5.75 Å². The number of piperidine rings is 1. The minimum atomic E-state index is -1.14. The van der Waals surface area contributed by atoms with Crippen LogP contribution in [-0.2, 0) is 5.60 Å². The van der Waals surface area contributed by atoms with Crippen LogP contribution in [0.4, 0.5) is 4.39 Å². The van der Waals surface area contributed by atoms with E-state index in [1.807, 2.05) is 24.3 Å². The van der Waals surface area contributed by atoms with Crippen molar-refractivity contribution in [2.24, 2.45) is 0 Å². The Bertz CT molecular complexity index is 746. The van der Waals surface area contributed by atoms with Gasteiger partial charge in [0.2, 0.25) is 0 Å². The zero-order valence-electron chi connectivity index (χ0n) is 17.0. The normalized spacial score (nSPS) is 18.4. The van der Waals surface area contributed by atoms with Crippen molar-refractivity contribution in [2.75, 3.05) is 26.7 Å². The molecule has 28 heavy (non-hydrogen) atoms. The highest BCUT2D eigenvalue weighted by atomic mass is 19.1. The molecule has 0 amide bonds. The van der Waals surface area contributed by atoms with E-state index in [-0.39, 0.29) is 11.7 Å². The third kappa shape index (κ3) is 4.56. The van der Waals surface area contributed by atoms with Crippen molar-refractivity contribution < 1.29 is 14.2 Å². The molecule has 0 aliphatic carbocycles. The van der Waals surface area contributed by atoms with Crippen molar-refractivity contribution in [2.45, 2.75) is 50.5 Å². The number of halogens is 1. The molecule has 1 N–H and O–H groups in total. The molecule has 1 saturated heterocycles. The second-order valence-corrected chi connectivity index (χ2v) is 7.85. The molecule has 3 rings (SSSR count). The largest absolute Gasteiger partial charge is 0.494 e. The average molecular weight is 386 g/mol. The molecule has 1 aliphatic heterocycles. The second kappa shape index (κ2) is 9.53. The van der Waals surface area contributed by atoms with Gasteiger partial charge in [0.05, 0.1) is 12.7 Å². The summed E-state index contributed by atoms with van der Waals surface area (Å²) in [5.74, 6) is -0.353. The number of rotatable bonds is 8. The predicted octanol–water partition coefficient (Wildman–Crippen LogP) is 5.09. The molecule has 1 aliphatic rings. The summed E-state index contributed by atoms with van der Waals surface area (Å²) in [5, 5.41) is 12.0. The Morgan fingerprint density at radius 1 is 1.11 bits per heavy atom. The lowest BCUT2D eigenvalue weighted by molar-refractivity contribution is -0.0155. The van der Waals surface area contributed by atoms with Gasteiger partial charge in [-0.3, -0.25) is 0 Å². The first-order valence-corrected chi connectivity index (χ1v) is 10.4. The molecule has 3 nitrogen and oxygen atoms in total. The van der Waals surface area contributed by atoms with Crippen LogP contribution >= 0.6 is 0 Å². The topological polar surface area (TPSA) is 32.7 Å². The molecule has 2 aromatic carbocycles. The molecule has 4 heteroatoms. The highest BCUT2D eigenvalue weighted by Gasteiger charge is 2.40. The predicted molar refractivity (Wildman–Crippen MR) is 111 cm³/mol. The highest BCUT2D eigenvalue weighted by Crippen LogP contribution is 2.42. The van der Waals surface area contributed by atoms with Gasteiger partial charge in [0.25, 0.3) is 0 Å². The first kappa shape index (κ1) is 20.8. The van der Waals surface area contributed by atoms with E-state index in [1.165, 1.54) is 32.4 Å². The molecule has 2 atom stereocenters. The minimum Gasteiger partial charge on any atom is -0.494 e. The summed E-state index contributed by atoms with van der Waals surface area (Å²) < 4.78 is 19.6. The second-order valence-electron chi connectivity index (χ2n) is 7.85. The molecule has 0 bridgehead atoms. The average Bonchev–Trinajstić information content (AvgIpc) is 2.73. The maximum absolute atomic E-state index is 14.5. The maximum Gasteiger partial charge on any atom is 0.165 e. The van der Waals surface area contributed by atoms with Crippen molar-refractivity contribution >= 4 is 0 Å². The number of hydrogen-bond acceptors (Lipinski definition) is 3. The van der Waals surface area contributed by atoms with Gasteiger partial charge in [0.1, 0.15) is 0 Å². The molecule has 152 valence electrons. The van der Waals surface area contributed by atoms with Crippen LogP contribution < -0.4 is 4.74 Å².